The first-order chi connectivity index (χ1) is 9.74. The molecule has 0 saturated carbocycles. The predicted octanol–water partition coefficient (Wildman–Crippen LogP) is 2.11. The van der Waals surface area contributed by atoms with E-state index in [2.05, 4.69) is 16.4 Å². The molecule has 0 N–H and O–H groups in total. The summed E-state index contributed by atoms with van der Waals surface area (Å²) >= 11 is 0. The lowest BCUT2D eigenvalue weighted by atomic mass is 10.2. The average Bonchev–Trinajstić information content (AvgIpc) is 2.89. The molecule has 1 aromatic heterocycles. The van der Waals surface area contributed by atoms with E-state index in [0.717, 1.165) is 24.2 Å². The smallest absolute Gasteiger partial charge is 0.186 e. The van der Waals surface area contributed by atoms with Crippen molar-refractivity contribution in [2.45, 2.75) is 19.8 Å². The number of rotatable bonds is 5. The number of nitriles is 1. The van der Waals surface area contributed by atoms with Crippen LogP contribution in [0.5, 0.6) is 11.5 Å². The van der Waals surface area contributed by atoms with E-state index >= 15 is 0 Å². The molecular formula is C14H16N4O2. The molecule has 2 rings (SSSR count). The largest absolute Gasteiger partial charge is 0.497 e. The van der Waals surface area contributed by atoms with E-state index in [9.17, 15) is 0 Å². The van der Waals surface area contributed by atoms with Gasteiger partial charge in [0.2, 0.25) is 0 Å². The minimum absolute atomic E-state index is 0.352. The maximum absolute atomic E-state index is 9.10. The number of benzene rings is 1. The molecular weight excluding hydrogens is 256 g/mol. The zero-order valence-electron chi connectivity index (χ0n) is 11.8. The average molecular weight is 272 g/mol. The first kappa shape index (κ1) is 13.9. The molecule has 20 heavy (non-hydrogen) atoms. The van der Waals surface area contributed by atoms with Crippen molar-refractivity contribution in [2.24, 2.45) is 0 Å². The molecule has 1 heterocycles. The van der Waals surface area contributed by atoms with E-state index in [1.807, 2.05) is 19.1 Å². The Morgan fingerprint density at radius 3 is 2.70 bits per heavy atom. The molecule has 0 aliphatic heterocycles. The summed E-state index contributed by atoms with van der Waals surface area (Å²) < 4.78 is 12.2. The number of ether oxygens (including phenoxy) is 2. The maximum atomic E-state index is 9.10. The number of hydrogen-bond donors (Lipinski definition) is 0. The summed E-state index contributed by atoms with van der Waals surface area (Å²) in [6, 6.07) is 7.51. The van der Waals surface area contributed by atoms with Crippen LogP contribution in [0.25, 0.3) is 5.69 Å². The SMILES string of the molecule is CCCc1c(C#N)nnn1-c1ccc(OC)cc1OC. The monoisotopic (exact) mass is 272 g/mol. The van der Waals surface area contributed by atoms with E-state index in [4.69, 9.17) is 14.7 Å². The summed E-state index contributed by atoms with van der Waals surface area (Å²) in [6.45, 7) is 2.05. The fourth-order valence-electron chi connectivity index (χ4n) is 2.00. The van der Waals surface area contributed by atoms with Crippen molar-refractivity contribution in [2.75, 3.05) is 14.2 Å². The number of hydrogen-bond acceptors (Lipinski definition) is 5. The summed E-state index contributed by atoms with van der Waals surface area (Å²) in [4.78, 5) is 0. The summed E-state index contributed by atoms with van der Waals surface area (Å²) in [5, 5.41) is 17.1. The number of methoxy groups -OCH3 is 2. The van der Waals surface area contributed by atoms with Crippen LogP contribution in [0.2, 0.25) is 0 Å². The Kier molecular flexibility index (Phi) is 4.20. The fourth-order valence-corrected chi connectivity index (χ4v) is 2.00. The highest BCUT2D eigenvalue weighted by Crippen LogP contribution is 2.28. The van der Waals surface area contributed by atoms with E-state index in [-0.39, 0.29) is 0 Å². The van der Waals surface area contributed by atoms with Gasteiger partial charge in [-0.2, -0.15) is 5.26 Å². The molecule has 6 nitrogen and oxygen atoms in total. The molecule has 0 amide bonds. The quantitative estimate of drug-likeness (QED) is 0.833. The first-order valence-electron chi connectivity index (χ1n) is 6.32. The van der Waals surface area contributed by atoms with Crippen LogP contribution in [0, 0.1) is 11.3 Å². The van der Waals surface area contributed by atoms with Crippen LogP contribution in [0.1, 0.15) is 24.7 Å². The zero-order chi connectivity index (χ0) is 14.5. The molecule has 0 unspecified atom stereocenters. The second kappa shape index (κ2) is 6.06. The molecule has 1 aromatic carbocycles. The second-order valence-electron chi connectivity index (χ2n) is 4.20. The Hall–Kier alpha value is -2.55. The third-order valence-electron chi connectivity index (χ3n) is 2.97. The standard InChI is InChI=1S/C14H16N4O2/c1-4-5-12-11(9-15)16-17-18(12)13-7-6-10(19-2)8-14(13)20-3/h6-8H,4-5H2,1-3H3. The molecule has 0 atom stereocenters. The van der Waals surface area contributed by atoms with E-state index in [1.54, 1.807) is 25.0 Å². The van der Waals surface area contributed by atoms with Crippen LogP contribution in [-0.4, -0.2) is 29.2 Å². The van der Waals surface area contributed by atoms with Gasteiger partial charge >= 0.3 is 0 Å². The van der Waals surface area contributed by atoms with Crippen LogP contribution in [-0.2, 0) is 6.42 Å². The highest BCUT2D eigenvalue weighted by atomic mass is 16.5. The van der Waals surface area contributed by atoms with Crippen LogP contribution < -0.4 is 9.47 Å². The van der Waals surface area contributed by atoms with E-state index in [1.165, 1.54) is 0 Å². The summed E-state index contributed by atoms with van der Waals surface area (Å²) in [6.07, 6.45) is 1.63. The summed E-state index contributed by atoms with van der Waals surface area (Å²) in [5.41, 5.74) is 1.88. The van der Waals surface area contributed by atoms with Crippen molar-refractivity contribution in [3.8, 4) is 23.3 Å². The normalized spacial score (nSPS) is 10.1. The van der Waals surface area contributed by atoms with Gasteiger partial charge in [-0.3, -0.25) is 0 Å². The van der Waals surface area contributed by atoms with Crippen LogP contribution >= 0.6 is 0 Å². The maximum Gasteiger partial charge on any atom is 0.186 e. The third kappa shape index (κ3) is 2.43. The Bertz CT molecular complexity index is 643. The van der Waals surface area contributed by atoms with Gasteiger partial charge in [-0.1, -0.05) is 18.6 Å². The van der Waals surface area contributed by atoms with E-state index in [0.29, 0.717) is 17.2 Å². The number of nitrogens with zero attached hydrogens (tertiary/aromatic N) is 4. The molecule has 0 aliphatic rings. The topological polar surface area (TPSA) is 73.0 Å². The molecule has 0 spiro atoms. The molecule has 0 fully saturated rings. The van der Waals surface area contributed by atoms with Gasteiger partial charge in [0, 0.05) is 6.07 Å². The Labute approximate surface area is 117 Å². The number of aromatic nitrogens is 3. The Morgan fingerprint density at radius 2 is 2.10 bits per heavy atom. The van der Waals surface area contributed by atoms with Gasteiger partial charge in [0.05, 0.1) is 19.9 Å². The van der Waals surface area contributed by atoms with Crippen LogP contribution in [0.4, 0.5) is 0 Å². The van der Waals surface area contributed by atoms with Crippen molar-refractivity contribution in [1.82, 2.24) is 15.0 Å². The van der Waals surface area contributed by atoms with Crippen molar-refractivity contribution >= 4 is 0 Å². The van der Waals surface area contributed by atoms with Gasteiger partial charge in [0.1, 0.15) is 23.3 Å². The van der Waals surface area contributed by atoms with Gasteiger partial charge in [-0.15, -0.1) is 5.10 Å². The predicted molar refractivity (Wildman–Crippen MR) is 73.2 cm³/mol. The van der Waals surface area contributed by atoms with Crippen molar-refractivity contribution in [3.05, 3.63) is 29.6 Å². The Morgan fingerprint density at radius 1 is 1.30 bits per heavy atom. The fraction of sp³-hybridized carbons (Fsp3) is 0.357. The van der Waals surface area contributed by atoms with Crippen molar-refractivity contribution in [1.29, 1.82) is 5.26 Å². The molecule has 6 heteroatoms. The molecule has 0 radical (unpaired) electrons. The second-order valence-corrected chi connectivity index (χ2v) is 4.20. The zero-order valence-corrected chi connectivity index (χ0v) is 11.8. The highest BCUT2D eigenvalue weighted by molar-refractivity contribution is 5.51. The van der Waals surface area contributed by atoms with Gasteiger partial charge in [0.15, 0.2) is 5.69 Å². The minimum atomic E-state index is 0.352. The van der Waals surface area contributed by atoms with Crippen molar-refractivity contribution < 1.29 is 9.47 Å². The first-order valence-corrected chi connectivity index (χ1v) is 6.32. The third-order valence-corrected chi connectivity index (χ3v) is 2.97. The van der Waals surface area contributed by atoms with Gasteiger partial charge in [0.25, 0.3) is 0 Å². The van der Waals surface area contributed by atoms with Crippen molar-refractivity contribution in [3.63, 3.8) is 0 Å². The lowest BCUT2D eigenvalue weighted by molar-refractivity contribution is 0.392. The van der Waals surface area contributed by atoms with Crippen LogP contribution in [0.3, 0.4) is 0 Å². The van der Waals surface area contributed by atoms with Gasteiger partial charge in [-0.25, -0.2) is 4.68 Å². The highest BCUT2D eigenvalue weighted by Gasteiger charge is 2.16. The summed E-state index contributed by atoms with van der Waals surface area (Å²) in [7, 11) is 3.18. The lowest BCUT2D eigenvalue weighted by Crippen LogP contribution is -2.05. The van der Waals surface area contributed by atoms with Crippen LogP contribution in [0.15, 0.2) is 18.2 Å². The lowest BCUT2D eigenvalue weighted by Gasteiger charge is -2.11. The molecule has 2 aromatic rings. The van der Waals surface area contributed by atoms with Gasteiger partial charge in [-0.05, 0) is 18.6 Å². The Balaban J connectivity index is 2.56. The molecule has 0 bridgehead atoms. The molecule has 104 valence electrons. The van der Waals surface area contributed by atoms with Gasteiger partial charge < -0.3 is 9.47 Å². The molecule has 0 aliphatic carbocycles. The summed E-state index contributed by atoms with van der Waals surface area (Å²) in [5.74, 6) is 1.32. The van der Waals surface area contributed by atoms with E-state index < -0.39 is 0 Å². The minimum Gasteiger partial charge on any atom is -0.497 e. The molecule has 0 saturated heterocycles.